The zero-order valence-corrected chi connectivity index (χ0v) is 9.23. The third-order valence-corrected chi connectivity index (χ3v) is 4.37. The lowest BCUT2D eigenvalue weighted by molar-refractivity contribution is 0.578. The van der Waals surface area contributed by atoms with E-state index in [2.05, 4.69) is 11.9 Å². The number of hydrogen-bond donors (Lipinski definition) is 1. The van der Waals surface area contributed by atoms with Crippen molar-refractivity contribution in [3.8, 4) is 0 Å². The van der Waals surface area contributed by atoms with Gasteiger partial charge in [0, 0.05) is 13.1 Å². The van der Waals surface area contributed by atoms with E-state index in [-0.39, 0.29) is 11.0 Å². The van der Waals surface area contributed by atoms with E-state index in [1.165, 1.54) is 0 Å². The topological polar surface area (TPSA) is 46.2 Å². The first-order valence-electron chi connectivity index (χ1n) is 4.57. The summed E-state index contributed by atoms with van der Waals surface area (Å²) in [6.45, 7) is 8.35. The fourth-order valence-corrected chi connectivity index (χ4v) is 2.21. The van der Waals surface area contributed by atoms with Gasteiger partial charge in [-0.15, -0.1) is 6.58 Å². The molecule has 0 heterocycles. The molecule has 4 heteroatoms. The Morgan fingerprint density at radius 1 is 1.54 bits per heavy atom. The Balaban J connectivity index is 3.83. The van der Waals surface area contributed by atoms with E-state index in [0.717, 1.165) is 0 Å². The Hall–Kier alpha value is -0.350. The molecule has 0 radical (unpaired) electrons. The molecule has 1 unspecified atom stereocenters. The van der Waals surface area contributed by atoms with Crippen LogP contribution in [0.25, 0.3) is 0 Å². The van der Waals surface area contributed by atoms with Gasteiger partial charge in [-0.25, -0.2) is 8.42 Å². The highest BCUT2D eigenvalue weighted by Crippen LogP contribution is 2.04. The highest BCUT2D eigenvalue weighted by Gasteiger charge is 2.17. The molecule has 78 valence electrons. The molecule has 0 bridgehead atoms. The van der Waals surface area contributed by atoms with Crippen LogP contribution in [0, 0.1) is 0 Å². The standard InChI is InChI=1S/C9H19NO2S/c1-4-6-10-7-8-13(11,12)9(3)5-2/h4,9-10H,1,5-8H2,2-3H3. The zero-order chi connectivity index (χ0) is 10.3. The predicted molar refractivity (Wildman–Crippen MR) is 56.6 cm³/mol. The third-order valence-electron chi connectivity index (χ3n) is 2.04. The molecule has 0 fully saturated rings. The minimum atomic E-state index is -2.89. The van der Waals surface area contributed by atoms with E-state index in [1.807, 2.05) is 6.92 Å². The SMILES string of the molecule is C=CCNCCS(=O)(=O)C(C)CC. The van der Waals surface area contributed by atoms with Gasteiger partial charge in [0.1, 0.15) is 0 Å². The Morgan fingerprint density at radius 3 is 2.62 bits per heavy atom. The van der Waals surface area contributed by atoms with E-state index in [1.54, 1.807) is 13.0 Å². The molecule has 0 aromatic rings. The maximum atomic E-state index is 11.5. The molecule has 13 heavy (non-hydrogen) atoms. The van der Waals surface area contributed by atoms with E-state index in [4.69, 9.17) is 0 Å². The van der Waals surface area contributed by atoms with Crippen LogP contribution in [0.15, 0.2) is 12.7 Å². The normalized spacial score (nSPS) is 14.0. The van der Waals surface area contributed by atoms with Crippen molar-refractivity contribution in [2.24, 2.45) is 0 Å². The van der Waals surface area contributed by atoms with Gasteiger partial charge in [-0.1, -0.05) is 13.0 Å². The van der Waals surface area contributed by atoms with Crippen LogP contribution < -0.4 is 5.32 Å². The molecule has 1 N–H and O–H groups in total. The van der Waals surface area contributed by atoms with Gasteiger partial charge in [0.15, 0.2) is 9.84 Å². The molecule has 0 rings (SSSR count). The van der Waals surface area contributed by atoms with Crippen LogP contribution in [0.5, 0.6) is 0 Å². The minimum absolute atomic E-state index is 0.218. The van der Waals surface area contributed by atoms with Crippen molar-refractivity contribution in [3.05, 3.63) is 12.7 Å². The minimum Gasteiger partial charge on any atom is -0.312 e. The fraction of sp³-hybridized carbons (Fsp3) is 0.778. The van der Waals surface area contributed by atoms with E-state index < -0.39 is 9.84 Å². The second kappa shape index (κ2) is 6.16. The molecule has 1 atom stereocenters. The highest BCUT2D eigenvalue weighted by atomic mass is 32.2. The third kappa shape index (κ3) is 5.05. The lowest BCUT2D eigenvalue weighted by Gasteiger charge is -2.10. The molecule has 3 nitrogen and oxygen atoms in total. The van der Waals surface area contributed by atoms with Crippen LogP contribution in [0.2, 0.25) is 0 Å². The van der Waals surface area contributed by atoms with Gasteiger partial charge < -0.3 is 5.32 Å². The van der Waals surface area contributed by atoms with Crippen LogP contribution in [0.1, 0.15) is 20.3 Å². The van der Waals surface area contributed by atoms with Gasteiger partial charge in [-0.05, 0) is 13.3 Å². The van der Waals surface area contributed by atoms with E-state index in [0.29, 0.717) is 19.5 Å². The van der Waals surface area contributed by atoms with Gasteiger partial charge in [0.05, 0.1) is 11.0 Å². The van der Waals surface area contributed by atoms with Crippen LogP contribution in [0.4, 0.5) is 0 Å². The summed E-state index contributed by atoms with van der Waals surface area (Å²) in [6, 6.07) is 0. The van der Waals surface area contributed by atoms with Crippen LogP contribution in [-0.2, 0) is 9.84 Å². The highest BCUT2D eigenvalue weighted by molar-refractivity contribution is 7.92. The number of hydrogen-bond acceptors (Lipinski definition) is 3. The molecule has 0 aliphatic heterocycles. The van der Waals surface area contributed by atoms with Crippen LogP contribution in [-0.4, -0.2) is 32.5 Å². The largest absolute Gasteiger partial charge is 0.312 e. The summed E-state index contributed by atoms with van der Waals surface area (Å²) in [4.78, 5) is 0. The molecule has 0 aliphatic rings. The number of sulfone groups is 1. The van der Waals surface area contributed by atoms with Crippen molar-refractivity contribution in [3.63, 3.8) is 0 Å². The number of rotatable bonds is 7. The molecule has 0 saturated carbocycles. The Bertz CT molecular complexity index is 234. The van der Waals surface area contributed by atoms with E-state index >= 15 is 0 Å². The monoisotopic (exact) mass is 205 g/mol. The first kappa shape index (κ1) is 12.7. The van der Waals surface area contributed by atoms with Crippen molar-refractivity contribution in [1.82, 2.24) is 5.32 Å². The summed E-state index contributed by atoms with van der Waals surface area (Å²) >= 11 is 0. The molecule has 0 aromatic heterocycles. The maximum absolute atomic E-state index is 11.5. The van der Waals surface area contributed by atoms with E-state index in [9.17, 15) is 8.42 Å². The Kier molecular flexibility index (Phi) is 5.99. The first-order valence-corrected chi connectivity index (χ1v) is 6.29. The first-order chi connectivity index (χ1) is 6.04. The lowest BCUT2D eigenvalue weighted by Crippen LogP contribution is -2.28. The quantitative estimate of drug-likeness (QED) is 0.498. The van der Waals surface area contributed by atoms with Crippen molar-refractivity contribution in [2.75, 3.05) is 18.8 Å². The molecule has 0 saturated heterocycles. The molecule has 0 spiro atoms. The summed E-state index contributed by atoms with van der Waals surface area (Å²) < 4.78 is 22.9. The summed E-state index contributed by atoms with van der Waals surface area (Å²) in [5, 5.41) is 2.75. The maximum Gasteiger partial charge on any atom is 0.154 e. The van der Waals surface area contributed by atoms with Gasteiger partial charge in [0.2, 0.25) is 0 Å². The van der Waals surface area contributed by atoms with Crippen LogP contribution >= 0.6 is 0 Å². The summed E-state index contributed by atoms with van der Waals surface area (Å²) in [7, 11) is -2.89. The second-order valence-corrected chi connectivity index (χ2v) is 5.62. The summed E-state index contributed by atoms with van der Waals surface area (Å²) in [5.74, 6) is 0.218. The summed E-state index contributed by atoms with van der Waals surface area (Å²) in [6.07, 6.45) is 2.40. The van der Waals surface area contributed by atoms with Gasteiger partial charge >= 0.3 is 0 Å². The molecular weight excluding hydrogens is 186 g/mol. The van der Waals surface area contributed by atoms with Gasteiger partial charge in [0.25, 0.3) is 0 Å². The molecular formula is C9H19NO2S. The average molecular weight is 205 g/mol. The lowest BCUT2D eigenvalue weighted by atomic mass is 10.4. The predicted octanol–water partition coefficient (Wildman–Crippen LogP) is 0.975. The second-order valence-electron chi connectivity index (χ2n) is 3.08. The van der Waals surface area contributed by atoms with Crippen molar-refractivity contribution >= 4 is 9.84 Å². The smallest absolute Gasteiger partial charge is 0.154 e. The van der Waals surface area contributed by atoms with Crippen LogP contribution in [0.3, 0.4) is 0 Å². The Labute approximate surface area is 81.1 Å². The van der Waals surface area contributed by atoms with Crippen molar-refractivity contribution in [1.29, 1.82) is 0 Å². The molecule has 0 aromatic carbocycles. The molecule has 0 aliphatic carbocycles. The fourth-order valence-electron chi connectivity index (χ4n) is 0.874. The Morgan fingerprint density at radius 2 is 2.15 bits per heavy atom. The van der Waals surface area contributed by atoms with Crippen molar-refractivity contribution in [2.45, 2.75) is 25.5 Å². The number of nitrogens with one attached hydrogen (secondary N) is 1. The average Bonchev–Trinajstić information content (AvgIpc) is 2.11. The van der Waals surface area contributed by atoms with Gasteiger partial charge in [-0.2, -0.15) is 0 Å². The zero-order valence-electron chi connectivity index (χ0n) is 8.41. The van der Waals surface area contributed by atoms with Crippen molar-refractivity contribution < 1.29 is 8.42 Å². The molecule has 0 amide bonds. The van der Waals surface area contributed by atoms with Gasteiger partial charge in [-0.3, -0.25) is 0 Å². The summed E-state index contributed by atoms with van der Waals surface area (Å²) in [5.41, 5.74) is 0.